The average Bonchev–Trinajstić information content (AvgIpc) is 3.08. The van der Waals surface area contributed by atoms with Crippen LogP contribution in [0.4, 0.5) is 0 Å². The lowest BCUT2D eigenvalue weighted by atomic mass is 10.2. The molecule has 6 nitrogen and oxygen atoms in total. The molecule has 0 bridgehead atoms. The zero-order valence-electron chi connectivity index (χ0n) is 11.8. The third-order valence-corrected chi connectivity index (χ3v) is 3.16. The van der Waals surface area contributed by atoms with Crippen molar-refractivity contribution in [3.05, 3.63) is 71.5 Å². The van der Waals surface area contributed by atoms with E-state index in [9.17, 15) is 4.79 Å². The van der Waals surface area contributed by atoms with Crippen LogP contribution in [0.2, 0.25) is 5.02 Å². The number of hydrogen-bond acceptors (Lipinski definition) is 5. The summed E-state index contributed by atoms with van der Waals surface area (Å²) in [7, 11) is 0. The second-order valence-electron chi connectivity index (χ2n) is 4.56. The van der Waals surface area contributed by atoms with E-state index in [1.54, 1.807) is 42.5 Å². The molecule has 0 saturated carbocycles. The van der Waals surface area contributed by atoms with Gasteiger partial charge in [0.1, 0.15) is 12.1 Å². The van der Waals surface area contributed by atoms with Crippen molar-refractivity contribution in [2.24, 2.45) is 0 Å². The van der Waals surface area contributed by atoms with E-state index < -0.39 is 5.97 Å². The van der Waals surface area contributed by atoms with E-state index in [2.05, 4.69) is 15.5 Å². The van der Waals surface area contributed by atoms with Gasteiger partial charge in [0, 0.05) is 11.1 Å². The summed E-state index contributed by atoms with van der Waals surface area (Å²) in [6.45, 7) is 0. The number of tetrazole rings is 1. The lowest BCUT2D eigenvalue weighted by Gasteiger charge is -2.03. The van der Waals surface area contributed by atoms with Crippen molar-refractivity contribution in [1.82, 2.24) is 20.2 Å². The van der Waals surface area contributed by atoms with Gasteiger partial charge in [0.15, 0.2) is 0 Å². The standard InChI is InChI=1S/C16H11ClN4O2/c17-13-3-1-2-12(10-13)4-9-16(22)23-15-7-5-14(6-8-15)21-11-18-19-20-21/h1-11H/b9-4+. The fraction of sp³-hybridized carbons (Fsp3) is 0. The minimum atomic E-state index is -0.472. The highest BCUT2D eigenvalue weighted by molar-refractivity contribution is 6.30. The van der Waals surface area contributed by atoms with Gasteiger partial charge in [0.25, 0.3) is 0 Å². The number of carbonyl (C=O) groups is 1. The second-order valence-corrected chi connectivity index (χ2v) is 4.99. The third kappa shape index (κ3) is 4.02. The third-order valence-electron chi connectivity index (χ3n) is 2.93. The van der Waals surface area contributed by atoms with Crippen molar-refractivity contribution >= 4 is 23.6 Å². The van der Waals surface area contributed by atoms with Crippen molar-refractivity contribution in [3.8, 4) is 11.4 Å². The van der Waals surface area contributed by atoms with Crippen molar-refractivity contribution < 1.29 is 9.53 Å². The molecule has 3 rings (SSSR count). The molecule has 7 heteroatoms. The molecule has 2 aromatic carbocycles. The van der Waals surface area contributed by atoms with Crippen LogP contribution >= 0.6 is 11.6 Å². The molecule has 0 spiro atoms. The van der Waals surface area contributed by atoms with E-state index in [1.807, 2.05) is 12.1 Å². The number of rotatable bonds is 4. The number of nitrogens with zero attached hydrogens (tertiary/aromatic N) is 4. The van der Waals surface area contributed by atoms with E-state index in [0.717, 1.165) is 11.3 Å². The Bertz CT molecular complexity index is 830. The van der Waals surface area contributed by atoms with Gasteiger partial charge in [-0.2, -0.15) is 0 Å². The summed E-state index contributed by atoms with van der Waals surface area (Å²) < 4.78 is 6.72. The SMILES string of the molecule is O=C(/C=C/c1cccc(Cl)c1)Oc1ccc(-n2cnnn2)cc1. The Hall–Kier alpha value is -2.99. The highest BCUT2D eigenvalue weighted by Crippen LogP contribution is 2.15. The minimum Gasteiger partial charge on any atom is -0.423 e. The van der Waals surface area contributed by atoms with Crippen LogP contribution in [0.5, 0.6) is 5.75 Å². The van der Waals surface area contributed by atoms with Crippen LogP contribution in [0.25, 0.3) is 11.8 Å². The number of ether oxygens (including phenoxy) is 1. The molecule has 0 aliphatic carbocycles. The fourth-order valence-electron chi connectivity index (χ4n) is 1.87. The van der Waals surface area contributed by atoms with Crippen LogP contribution in [0.1, 0.15) is 5.56 Å². The monoisotopic (exact) mass is 326 g/mol. The maximum Gasteiger partial charge on any atom is 0.336 e. The van der Waals surface area contributed by atoms with Gasteiger partial charge in [-0.1, -0.05) is 23.7 Å². The number of esters is 1. The molecule has 1 heterocycles. The summed E-state index contributed by atoms with van der Waals surface area (Å²) in [6, 6.07) is 14.0. The summed E-state index contributed by atoms with van der Waals surface area (Å²) in [5.41, 5.74) is 1.59. The Kier molecular flexibility index (Phi) is 4.44. The van der Waals surface area contributed by atoms with Crippen molar-refractivity contribution in [2.75, 3.05) is 0 Å². The lowest BCUT2D eigenvalue weighted by molar-refractivity contribution is -0.128. The Morgan fingerprint density at radius 3 is 2.70 bits per heavy atom. The van der Waals surface area contributed by atoms with Gasteiger partial charge in [0.05, 0.1) is 5.69 Å². The molecular weight excluding hydrogens is 316 g/mol. The van der Waals surface area contributed by atoms with E-state index >= 15 is 0 Å². The molecule has 0 aliphatic rings. The largest absolute Gasteiger partial charge is 0.423 e. The van der Waals surface area contributed by atoms with Gasteiger partial charge in [-0.3, -0.25) is 0 Å². The number of aromatic nitrogens is 4. The predicted molar refractivity (Wildman–Crippen MR) is 85.3 cm³/mol. The van der Waals surface area contributed by atoms with Crippen molar-refractivity contribution in [3.63, 3.8) is 0 Å². The number of benzene rings is 2. The first-order chi connectivity index (χ1) is 11.2. The summed E-state index contributed by atoms with van der Waals surface area (Å²) in [4.78, 5) is 11.8. The van der Waals surface area contributed by atoms with Crippen LogP contribution in [0.15, 0.2) is 60.9 Å². The molecule has 23 heavy (non-hydrogen) atoms. The molecule has 0 fully saturated rings. The molecule has 114 valence electrons. The van der Waals surface area contributed by atoms with E-state index in [1.165, 1.54) is 17.1 Å². The second kappa shape index (κ2) is 6.85. The zero-order chi connectivity index (χ0) is 16.1. The summed E-state index contributed by atoms with van der Waals surface area (Å²) in [5, 5.41) is 11.5. The van der Waals surface area contributed by atoms with Gasteiger partial charge < -0.3 is 4.74 Å². The molecular formula is C16H11ClN4O2. The van der Waals surface area contributed by atoms with Crippen LogP contribution in [-0.2, 0) is 4.79 Å². The van der Waals surface area contributed by atoms with E-state index in [0.29, 0.717) is 10.8 Å². The fourth-order valence-corrected chi connectivity index (χ4v) is 2.07. The maximum atomic E-state index is 11.8. The Labute approximate surface area is 137 Å². The molecule has 3 aromatic rings. The molecule has 0 amide bonds. The lowest BCUT2D eigenvalue weighted by Crippen LogP contribution is -2.04. The van der Waals surface area contributed by atoms with E-state index in [-0.39, 0.29) is 0 Å². The summed E-state index contributed by atoms with van der Waals surface area (Å²) in [5.74, 6) is -0.0392. The Balaban J connectivity index is 1.64. The van der Waals surface area contributed by atoms with Crippen LogP contribution in [-0.4, -0.2) is 26.2 Å². The summed E-state index contributed by atoms with van der Waals surface area (Å²) >= 11 is 5.88. The molecule has 0 unspecified atom stereocenters. The van der Waals surface area contributed by atoms with Gasteiger partial charge in [0.2, 0.25) is 0 Å². The highest BCUT2D eigenvalue weighted by Gasteiger charge is 2.02. The summed E-state index contributed by atoms with van der Waals surface area (Å²) in [6.07, 6.45) is 4.47. The van der Waals surface area contributed by atoms with Crippen LogP contribution in [0.3, 0.4) is 0 Å². The Morgan fingerprint density at radius 2 is 2.00 bits per heavy atom. The van der Waals surface area contributed by atoms with Gasteiger partial charge in [-0.15, -0.1) is 5.10 Å². The van der Waals surface area contributed by atoms with Crippen molar-refractivity contribution in [1.29, 1.82) is 0 Å². The number of hydrogen-bond donors (Lipinski definition) is 0. The Morgan fingerprint density at radius 1 is 1.17 bits per heavy atom. The van der Waals surface area contributed by atoms with Crippen LogP contribution < -0.4 is 4.74 Å². The molecule has 0 N–H and O–H groups in total. The topological polar surface area (TPSA) is 69.9 Å². The molecule has 0 atom stereocenters. The highest BCUT2D eigenvalue weighted by atomic mass is 35.5. The normalized spacial score (nSPS) is 10.8. The first-order valence-corrected chi connectivity index (χ1v) is 7.07. The number of carbonyl (C=O) groups excluding carboxylic acids is 1. The average molecular weight is 327 g/mol. The smallest absolute Gasteiger partial charge is 0.336 e. The van der Waals surface area contributed by atoms with Crippen LogP contribution in [0, 0.1) is 0 Å². The molecule has 1 aromatic heterocycles. The predicted octanol–water partition coefficient (Wildman–Crippen LogP) is 2.93. The zero-order valence-corrected chi connectivity index (χ0v) is 12.6. The van der Waals surface area contributed by atoms with Gasteiger partial charge in [-0.05, 0) is 58.5 Å². The van der Waals surface area contributed by atoms with E-state index in [4.69, 9.17) is 16.3 Å². The molecule has 0 aliphatic heterocycles. The van der Waals surface area contributed by atoms with Gasteiger partial charge >= 0.3 is 5.97 Å². The quantitative estimate of drug-likeness (QED) is 0.419. The number of halogens is 1. The molecule has 0 radical (unpaired) electrons. The van der Waals surface area contributed by atoms with Crippen molar-refractivity contribution in [2.45, 2.75) is 0 Å². The first-order valence-electron chi connectivity index (χ1n) is 6.69. The molecule has 0 saturated heterocycles. The first kappa shape index (κ1) is 14.9. The maximum absolute atomic E-state index is 11.8. The van der Waals surface area contributed by atoms with Gasteiger partial charge in [-0.25, -0.2) is 9.48 Å². The minimum absolute atomic E-state index is 0.433.